The topological polar surface area (TPSA) is 78.9 Å². The summed E-state index contributed by atoms with van der Waals surface area (Å²) in [6.45, 7) is 3.51. The molecule has 1 heterocycles. The lowest BCUT2D eigenvalue weighted by Crippen LogP contribution is -2.23. The van der Waals surface area contributed by atoms with Crippen molar-refractivity contribution < 1.29 is 28.6 Å². The fourth-order valence-electron chi connectivity index (χ4n) is 4.71. The minimum absolute atomic E-state index is 0.0246. The smallest absolute Gasteiger partial charge is 0.305 e. The lowest BCUT2D eigenvalue weighted by Gasteiger charge is -2.21. The van der Waals surface area contributed by atoms with Crippen molar-refractivity contribution in [1.82, 2.24) is 0 Å². The van der Waals surface area contributed by atoms with Gasteiger partial charge in [0.2, 0.25) is 0 Å². The third kappa shape index (κ3) is 5.61. The van der Waals surface area contributed by atoms with E-state index in [9.17, 15) is 14.4 Å². The van der Waals surface area contributed by atoms with E-state index >= 15 is 0 Å². The minimum Gasteiger partial charge on any atom is -0.489 e. The highest BCUT2D eigenvalue weighted by molar-refractivity contribution is 9.12. The molecule has 0 N–H and O–H groups in total. The van der Waals surface area contributed by atoms with Crippen molar-refractivity contribution >= 4 is 33.7 Å². The van der Waals surface area contributed by atoms with Gasteiger partial charge in [-0.25, -0.2) is 0 Å². The zero-order valence-corrected chi connectivity index (χ0v) is 20.5. The number of rotatable bonds is 10. The van der Waals surface area contributed by atoms with Gasteiger partial charge in [-0.1, -0.05) is 44.0 Å². The highest BCUT2D eigenvalue weighted by atomic mass is 79.9. The Morgan fingerprint density at radius 3 is 2.69 bits per heavy atom. The molecular weight excluding hydrogens is 476 g/mol. The average molecular weight is 507 g/mol. The molecule has 174 valence electrons. The molecule has 1 aromatic carbocycles. The lowest BCUT2D eigenvalue weighted by molar-refractivity contribution is -0.147. The Morgan fingerprint density at radius 2 is 2.00 bits per heavy atom. The molecule has 0 amide bonds. The van der Waals surface area contributed by atoms with Gasteiger partial charge in [-0.2, -0.15) is 0 Å². The van der Waals surface area contributed by atoms with Crippen molar-refractivity contribution in [3.05, 3.63) is 39.9 Å². The zero-order chi connectivity index (χ0) is 23.3. The summed E-state index contributed by atoms with van der Waals surface area (Å²) in [5.41, 5.74) is 2.00. The van der Waals surface area contributed by atoms with Gasteiger partial charge in [0.05, 0.1) is 11.6 Å². The molecule has 4 atom stereocenters. The number of ketones is 1. The molecule has 1 aromatic rings. The van der Waals surface area contributed by atoms with Crippen LogP contribution in [0.15, 0.2) is 28.8 Å². The van der Waals surface area contributed by atoms with E-state index in [1.165, 1.54) is 14.0 Å². The maximum Gasteiger partial charge on any atom is 0.305 e. The molecular formula is C25H31BrO6. The van der Waals surface area contributed by atoms with Gasteiger partial charge >= 0.3 is 11.9 Å². The van der Waals surface area contributed by atoms with Gasteiger partial charge in [-0.05, 0) is 34.3 Å². The summed E-state index contributed by atoms with van der Waals surface area (Å²) in [5, 5.41) is 0. The molecule has 0 radical (unpaired) electrons. The number of fused-ring (bicyclic) bond motifs is 3. The molecule has 0 saturated heterocycles. The van der Waals surface area contributed by atoms with Crippen LogP contribution in [0.4, 0.5) is 0 Å². The first-order valence-corrected chi connectivity index (χ1v) is 12.1. The van der Waals surface area contributed by atoms with Crippen molar-refractivity contribution in [3.63, 3.8) is 0 Å². The van der Waals surface area contributed by atoms with Crippen LogP contribution in [-0.4, -0.2) is 37.0 Å². The maximum atomic E-state index is 12.6. The first-order chi connectivity index (χ1) is 15.3. The first-order valence-electron chi connectivity index (χ1n) is 11.3. The van der Waals surface area contributed by atoms with Crippen LogP contribution in [0.25, 0.3) is 0 Å². The maximum absolute atomic E-state index is 12.6. The van der Waals surface area contributed by atoms with Crippen LogP contribution >= 0.6 is 15.9 Å². The van der Waals surface area contributed by atoms with Crippen molar-refractivity contribution in [2.75, 3.05) is 7.11 Å². The number of Topliss-reactive ketones (excluding diaryl/α,β-unsaturated/α-hetero) is 1. The molecule has 1 aliphatic heterocycles. The normalized spacial score (nSPS) is 23.8. The number of hydrogen-bond acceptors (Lipinski definition) is 6. The van der Waals surface area contributed by atoms with E-state index in [-0.39, 0.29) is 48.2 Å². The number of halogens is 1. The van der Waals surface area contributed by atoms with E-state index in [1.54, 1.807) is 0 Å². The lowest BCUT2D eigenvalue weighted by atomic mass is 9.86. The standard InChI is InChI=1S/C25H31BrO6/c1-4-5-6-10-20(28)19(26)13-18-21(31-15(2)27)14-22-24(18)17-9-7-8-16(25(17)32-22)11-12-23(29)30-3/h7-9,13,18,21-22,24H,4-6,10-12,14H2,1-3H3/b19-13-/t18-,21+,22-,24+/m0/s1. The molecule has 0 spiro atoms. The van der Waals surface area contributed by atoms with Crippen LogP contribution in [0.3, 0.4) is 0 Å². The molecule has 6 nitrogen and oxygen atoms in total. The number of ether oxygens (including phenoxy) is 3. The molecule has 1 fully saturated rings. The number of allylic oxidation sites excluding steroid dienone is 1. The Labute approximate surface area is 197 Å². The van der Waals surface area contributed by atoms with Gasteiger partial charge in [0.1, 0.15) is 18.0 Å². The molecule has 32 heavy (non-hydrogen) atoms. The number of benzene rings is 1. The van der Waals surface area contributed by atoms with Crippen LogP contribution in [0.2, 0.25) is 0 Å². The molecule has 3 rings (SSSR count). The number of carbonyl (C=O) groups excluding carboxylic acids is 3. The molecule has 2 aliphatic rings. The van der Waals surface area contributed by atoms with E-state index in [1.807, 2.05) is 24.3 Å². The first kappa shape index (κ1) is 24.5. The van der Waals surface area contributed by atoms with Crippen molar-refractivity contribution in [3.8, 4) is 5.75 Å². The number of carbonyl (C=O) groups is 3. The Kier molecular flexibility index (Phi) is 8.51. The van der Waals surface area contributed by atoms with Crippen LogP contribution in [0.5, 0.6) is 5.75 Å². The van der Waals surface area contributed by atoms with Crippen LogP contribution < -0.4 is 4.74 Å². The van der Waals surface area contributed by atoms with E-state index in [0.29, 0.717) is 23.7 Å². The second-order valence-electron chi connectivity index (χ2n) is 8.45. The molecule has 7 heteroatoms. The third-order valence-corrected chi connectivity index (χ3v) is 6.93. The Bertz CT molecular complexity index is 892. The van der Waals surface area contributed by atoms with Gasteiger partial charge in [0.25, 0.3) is 0 Å². The molecule has 1 aliphatic carbocycles. The summed E-state index contributed by atoms with van der Waals surface area (Å²) in [6.07, 6.45) is 6.20. The Hall–Kier alpha value is -2.15. The summed E-state index contributed by atoms with van der Waals surface area (Å²) in [4.78, 5) is 35.9. The largest absolute Gasteiger partial charge is 0.489 e. The van der Waals surface area contributed by atoms with Gasteiger partial charge in [-0.3, -0.25) is 14.4 Å². The summed E-state index contributed by atoms with van der Waals surface area (Å²) in [7, 11) is 1.38. The highest BCUT2D eigenvalue weighted by Gasteiger charge is 2.51. The number of para-hydroxylation sites is 1. The number of esters is 2. The third-order valence-electron chi connectivity index (χ3n) is 6.22. The highest BCUT2D eigenvalue weighted by Crippen LogP contribution is 2.53. The quantitative estimate of drug-likeness (QED) is 0.252. The molecule has 0 aromatic heterocycles. The molecule has 0 bridgehead atoms. The number of unbranched alkanes of at least 4 members (excludes halogenated alkanes) is 2. The van der Waals surface area contributed by atoms with Gasteiger partial charge in [-0.15, -0.1) is 0 Å². The SMILES string of the molecule is CCCCCC(=O)/C(Br)=C/[C@@H]1[C@H]2c3cccc(CCC(=O)OC)c3O[C@H]2C[C@H]1OC(C)=O. The predicted molar refractivity (Wildman–Crippen MR) is 124 cm³/mol. The summed E-state index contributed by atoms with van der Waals surface area (Å²) in [5.74, 6) is 0.0627. The Balaban J connectivity index is 1.86. The van der Waals surface area contributed by atoms with E-state index in [0.717, 1.165) is 36.1 Å². The second-order valence-corrected chi connectivity index (χ2v) is 9.30. The van der Waals surface area contributed by atoms with Crippen molar-refractivity contribution in [1.29, 1.82) is 0 Å². The monoisotopic (exact) mass is 506 g/mol. The number of methoxy groups -OCH3 is 1. The van der Waals surface area contributed by atoms with Crippen molar-refractivity contribution in [2.24, 2.45) is 5.92 Å². The minimum atomic E-state index is -0.356. The van der Waals surface area contributed by atoms with E-state index in [2.05, 4.69) is 22.9 Å². The molecule has 0 unspecified atom stereocenters. The number of aryl methyl sites for hydroxylation is 1. The molecule has 1 saturated carbocycles. The second kappa shape index (κ2) is 11.1. The number of hydrogen-bond donors (Lipinski definition) is 0. The fraction of sp³-hybridized carbons (Fsp3) is 0.560. The van der Waals surface area contributed by atoms with Crippen LogP contribution in [-0.2, 0) is 30.3 Å². The van der Waals surface area contributed by atoms with Crippen molar-refractivity contribution in [2.45, 2.75) is 76.9 Å². The zero-order valence-electron chi connectivity index (χ0n) is 18.9. The summed E-state index contributed by atoms with van der Waals surface area (Å²) < 4.78 is 17.2. The van der Waals surface area contributed by atoms with E-state index < -0.39 is 0 Å². The van der Waals surface area contributed by atoms with Gasteiger partial charge in [0.15, 0.2) is 5.78 Å². The fourth-order valence-corrected chi connectivity index (χ4v) is 5.21. The van der Waals surface area contributed by atoms with Crippen LogP contribution in [0.1, 0.15) is 69.4 Å². The van der Waals surface area contributed by atoms with E-state index in [4.69, 9.17) is 14.2 Å². The van der Waals surface area contributed by atoms with Crippen LogP contribution in [0, 0.1) is 5.92 Å². The van der Waals surface area contributed by atoms with Gasteiger partial charge in [0, 0.05) is 43.6 Å². The average Bonchev–Trinajstić information content (AvgIpc) is 3.28. The predicted octanol–water partition coefficient (Wildman–Crippen LogP) is 5.02. The summed E-state index contributed by atoms with van der Waals surface area (Å²) in [6, 6.07) is 5.95. The summed E-state index contributed by atoms with van der Waals surface area (Å²) >= 11 is 3.48. The Morgan fingerprint density at radius 1 is 1.22 bits per heavy atom. The van der Waals surface area contributed by atoms with Gasteiger partial charge < -0.3 is 14.2 Å².